The first-order chi connectivity index (χ1) is 11.8. The molecule has 2 rings (SSSR count). The molecule has 8 nitrogen and oxygen atoms in total. The Morgan fingerprint density at radius 3 is 2.52 bits per heavy atom. The van der Waals surface area contributed by atoms with Crippen LogP contribution in [0, 0.1) is 5.92 Å². The van der Waals surface area contributed by atoms with Crippen molar-refractivity contribution in [2.45, 2.75) is 12.8 Å². The molecule has 1 aliphatic rings. The fourth-order valence-corrected chi connectivity index (χ4v) is 3.95. The molecule has 1 fully saturated rings. The second kappa shape index (κ2) is 8.03. The molecule has 0 saturated carbocycles. The lowest BCUT2D eigenvalue weighted by molar-refractivity contribution is -0.120. The summed E-state index contributed by atoms with van der Waals surface area (Å²) >= 11 is 0. The second-order valence-electron chi connectivity index (χ2n) is 6.05. The fraction of sp³-hybridized carbons (Fsp3) is 0.562. The van der Waals surface area contributed by atoms with Crippen LogP contribution in [0.4, 0.5) is 5.69 Å². The van der Waals surface area contributed by atoms with Crippen molar-refractivity contribution in [2.75, 3.05) is 46.7 Å². The summed E-state index contributed by atoms with van der Waals surface area (Å²) in [5.74, 6) is 0.490. The van der Waals surface area contributed by atoms with Crippen molar-refractivity contribution in [3.8, 4) is 11.5 Å². The molecule has 1 N–H and O–H groups in total. The number of amides is 1. The second-order valence-corrected chi connectivity index (χ2v) is 8.19. The summed E-state index contributed by atoms with van der Waals surface area (Å²) in [6.45, 7) is 0.611. The van der Waals surface area contributed by atoms with Gasteiger partial charge in [-0.1, -0.05) is 0 Å². The first kappa shape index (κ1) is 19.5. The summed E-state index contributed by atoms with van der Waals surface area (Å²) in [5.41, 5.74) is 0.579. The molecule has 1 atom stereocenters. The zero-order valence-corrected chi connectivity index (χ0v) is 15.8. The number of carbonyl (C=O) groups is 1. The third-order valence-electron chi connectivity index (χ3n) is 4.19. The zero-order chi connectivity index (χ0) is 18.6. The maximum absolute atomic E-state index is 12.5. The van der Waals surface area contributed by atoms with E-state index in [4.69, 9.17) is 9.47 Å². The molecule has 140 valence electrons. The van der Waals surface area contributed by atoms with Gasteiger partial charge in [0, 0.05) is 38.9 Å². The Balaban J connectivity index is 2.08. The van der Waals surface area contributed by atoms with Crippen molar-refractivity contribution in [1.29, 1.82) is 0 Å². The monoisotopic (exact) mass is 371 g/mol. The molecule has 0 aliphatic carbocycles. The lowest BCUT2D eigenvalue weighted by Gasteiger charge is -2.32. The van der Waals surface area contributed by atoms with E-state index in [9.17, 15) is 13.2 Å². The number of hydrogen-bond acceptors (Lipinski definition) is 5. The minimum atomic E-state index is -3.51. The van der Waals surface area contributed by atoms with Gasteiger partial charge < -0.3 is 14.8 Å². The van der Waals surface area contributed by atoms with Gasteiger partial charge in [-0.25, -0.2) is 0 Å². The van der Waals surface area contributed by atoms with E-state index in [-0.39, 0.29) is 12.5 Å². The van der Waals surface area contributed by atoms with Crippen molar-refractivity contribution in [2.24, 2.45) is 5.92 Å². The van der Waals surface area contributed by atoms with E-state index in [1.165, 1.54) is 36.9 Å². The summed E-state index contributed by atoms with van der Waals surface area (Å²) in [6.07, 6.45) is 1.30. The first-order valence-corrected chi connectivity index (χ1v) is 9.39. The Labute approximate surface area is 148 Å². The summed E-state index contributed by atoms with van der Waals surface area (Å²) in [4.78, 5) is 12.5. The van der Waals surface area contributed by atoms with Crippen molar-refractivity contribution < 1.29 is 22.7 Å². The van der Waals surface area contributed by atoms with Crippen molar-refractivity contribution in [3.05, 3.63) is 18.2 Å². The molecule has 1 amide bonds. The number of nitrogens with one attached hydrogen (secondary N) is 1. The molecule has 1 aromatic carbocycles. The Bertz CT molecular complexity index is 720. The SMILES string of the molecule is COc1ccc(NC(=O)[C@@H]2CCCN(S(=O)(=O)N(C)C)C2)cc1OC. The highest BCUT2D eigenvalue weighted by molar-refractivity contribution is 7.86. The molecule has 25 heavy (non-hydrogen) atoms. The maximum Gasteiger partial charge on any atom is 0.281 e. The van der Waals surface area contributed by atoms with Gasteiger partial charge in [-0.2, -0.15) is 17.0 Å². The Kier molecular flexibility index (Phi) is 6.26. The van der Waals surface area contributed by atoms with Crippen LogP contribution in [0.25, 0.3) is 0 Å². The van der Waals surface area contributed by atoms with Crippen molar-refractivity contribution >= 4 is 21.8 Å². The standard InChI is InChI=1S/C16H25N3O5S/c1-18(2)25(21,22)19-9-5-6-12(11-19)16(20)17-13-7-8-14(23-3)15(10-13)24-4/h7-8,10,12H,5-6,9,11H2,1-4H3,(H,17,20)/t12-/m1/s1. The van der Waals surface area contributed by atoms with Crippen molar-refractivity contribution in [1.82, 2.24) is 8.61 Å². The van der Waals surface area contributed by atoms with E-state index in [1.807, 2.05) is 0 Å². The van der Waals surface area contributed by atoms with Gasteiger partial charge in [-0.15, -0.1) is 0 Å². The number of hydrogen-bond donors (Lipinski definition) is 1. The molecule has 0 radical (unpaired) electrons. The number of rotatable bonds is 6. The average Bonchev–Trinajstić information content (AvgIpc) is 2.61. The topological polar surface area (TPSA) is 88.2 Å². The smallest absolute Gasteiger partial charge is 0.281 e. The number of nitrogens with zero attached hydrogens (tertiary/aromatic N) is 2. The predicted molar refractivity (Wildman–Crippen MR) is 95.1 cm³/mol. The molecule has 1 heterocycles. The molecular weight excluding hydrogens is 346 g/mol. The summed E-state index contributed by atoms with van der Waals surface area (Å²) < 4.78 is 37.4. The molecule has 0 bridgehead atoms. The third-order valence-corrected chi connectivity index (χ3v) is 6.10. The average molecular weight is 371 g/mol. The maximum atomic E-state index is 12.5. The van der Waals surface area contributed by atoms with Crippen molar-refractivity contribution in [3.63, 3.8) is 0 Å². The lowest BCUT2D eigenvalue weighted by atomic mass is 9.98. The van der Waals surface area contributed by atoms with Crippen LogP contribution in [0.2, 0.25) is 0 Å². The molecule has 1 aromatic rings. The predicted octanol–water partition coefficient (Wildman–Crippen LogP) is 1.16. The normalized spacial score (nSPS) is 18.8. The highest BCUT2D eigenvalue weighted by Crippen LogP contribution is 2.30. The zero-order valence-electron chi connectivity index (χ0n) is 15.0. The van der Waals surface area contributed by atoms with Crippen LogP contribution in [-0.2, 0) is 15.0 Å². The van der Waals surface area contributed by atoms with Gasteiger partial charge in [0.15, 0.2) is 11.5 Å². The van der Waals surface area contributed by atoms with E-state index in [1.54, 1.807) is 18.2 Å². The number of piperidine rings is 1. The van der Waals surface area contributed by atoms with E-state index in [2.05, 4.69) is 5.32 Å². The van der Waals surface area contributed by atoms with Crippen LogP contribution in [0.3, 0.4) is 0 Å². The van der Waals surface area contributed by atoms with Gasteiger partial charge in [0.1, 0.15) is 0 Å². The minimum Gasteiger partial charge on any atom is -0.493 e. The van der Waals surface area contributed by atoms with E-state index in [0.29, 0.717) is 36.6 Å². The first-order valence-electron chi connectivity index (χ1n) is 8.00. The van der Waals surface area contributed by atoms with Gasteiger partial charge in [0.05, 0.1) is 20.1 Å². The largest absolute Gasteiger partial charge is 0.493 e. The summed E-state index contributed by atoms with van der Waals surface area (Å²) in [7, 11) is 2.53. The number of anilines is 1. The van der Waals surface area contributed by atoms with Crippen LogP contribution >= 0.6 is 0 Å². The fourth-order valence-electron chi connectivity index (χ4n) is 2.76. The summed E-state index contributed by atoms with van der Waals surface area (Å²) in [6, 6.07) is 5.10. The number of benzene rings is 1. The van der Waals surface area contributed by atoms with Crippen LogP contribution in [0.5, 0.6) is 11.5 Å². The highest BCUT2D eigenvalue weighted by atomic mass is 32.2. The minimum absolute atomic E-state index is 0.180. The van der Waals surface area contributed by atoms with Crippen LogP contribution in [0.15, 0.2) is 18.2 Å². The molecule has 0 aromatic heterocycles. The Hall–Kier alpha value is -1.84. The van der Waals surface area contributed by atoms with E-state index in [0.717, 1.165) is 0 Å². The Morgan fingerprint density at radius 2 is 1.92 bits per heavy atom. The Morgan fingerprint density at radius 1 is 1.24 bits per heavy atom. The number of ether oxygens (including phenoxy) is 2. The molecule has 1 aliphatic heterocycles. The molecular formula is C16H25N3O5S. The molecule has 0 unspecified atom stereocenters. The summed E-state index contributed by atoms with van der Waals surface area (Å²) in [5, 5.41) is 2.83. The quantitative estimate of drug-likeness (QED) is 0.811. The lowest BCUT2D eigenvalue weighted by Crippen LogP contribution is -2.47. The number of carbonyl (C=O) groups excluding carboxylic acids is 1. The van der Waals surface area contributed by atoms with E-state index >= 15 is 0 Å². The highest BCUT2D eigenvalue weighted by Gasteiger charge is 2.33. The van der Waals surface area contributed by atoms with Gasteiger partial charge in [0.25, 0.3) is 10.2 Å². The van der Waals surface area contributed by atoms with Crippen LogP contribution < -0.4 is 14.8 Å². The molecule has 0 spiro atoms. The van der Waals surface area contributed by atoms with Gasteiger partial charge >= 0.3 is 0 Å². The van der Waals surface area contributed by atoms with Gasteiger partial charge in [-0.3, -0.25) is 4.79 Å². The van der Waals surface area contributed by atoms with E-state index < -0.39 is 16.1 Å². The van der Waals surface area contributed by atoms with Gasteiger partial charge in [-0.05, 0) is 25.0 Å². The third kappa shape index (κ3) is 4.42. The van der Waals surface area contributed by atoms with Crippen LogP contribution in [-0.4, -0.2) is 64.3 Å². The molecule has 1 saturated heterocycles. The molecule has 9 heteroatoms. The van der Waals surface area contributed by atoms with Crippen LogP contribution in [0.1, 0.15) is 12.8 Å². The number of methoxy groups -OCH3 is 2. The van der Waals surface area contributed by atoms with Gasteiger partial charge in [0.2, 0.25) is 5.91 Å².